The lowest BCUT2D eigenvalue weighted by molar-refractivity contribution is 0.296. The molecule has 21 heavy (non-hydrogen) atoms. The summed E-state index contributed by atoms with van der Waals surface area (Å²) in [5, 5.41) is 4.10. The van der Waals surface area contributed by atoms with E-state index in [0.29, 0.717) is 30.8 Å². The Kier molecular flexibility index (Phi) is 3.68. The van der Waals surface area contributed by atoms with Crippen molar-refractivity contribution < 1.29 is 9.13 Å². The Morgan fingerprint density at radius 3 is 2.81 bits per heavy atom. The van der Waals surface area contributed by atoms with Gasteiger partial charge in [-0.05, 0) is 36.4 Å². The topological polar surface area (TPSA) is 48.5 Å². The maximum absolute atomic E-state index is 12.7. The summed E-state index contributed by atoms with van der Waals surface area (Å²) in [5.74, 6) is 0.317. The van der Waals surface area contributed by atoms with Gasteiger partial charge < -0.3 is 9.14 Å². The number of benzene rings is 1. The molecular weight excluding hydrogens is 273 g/mol. The van der Waals surface area contributed by atoms with E-state index in [1.54, 1.807) is 41.2 Å². The number of hydrogen-bond acceptors (Lipinski definition) is 3. The van der Waals surface area contributed by atoms with Crippen molar-refractivity contribution in [1.29, 1.82) is 0 Å². The van der Waals surface area contributed by atoms with Gasteiger partial charge >= 0.3 is 0 Å². The van der Waals surface area contributed by atoms with Gasteiger partial charge in [0.05, 0.1) is 6.61 Å². The number of halogens is 1. The molecule has 3 rings (SSSR count). The van der Waals surface area contributed by atoms with E-state index in [1.165, 1.54) is 16.8 Å². The average molecular weight is 287 g/mol. The molecule has 0 N–H and O–H groups in total. The summed E-state index contributed by atoms with van der Waals surface area (Å²) in [6, 6.07) is 9.42. The summed E-state index contributed by atoms with van der Waals surface area (Å²) in [6.07, 6.45) is 4.03. The van der Waals surface area contributed by atoms with Gasteiger partial charge in [0.2, 0.25) is 0 Å². The number of fused-ring (bicyclic) bond motifs is 1. The molecule has 0 bridgehead atoms. The third kappa shape index (κ3) is 2.94. The van der Waals surface area contributed by atoms with Crippen LogP contribution in [0.1, 0.15) is 6.42 Å². The summed E-state index contributed by atoms with van der Waals surface area (Å²) in [4.78, 5) is 12.1. The van der Waals surface area contributed by atoms with Crippen LogP contribution >= 0.6 is 0 Å². The van der Waals surface area contributed by atoms with Gasteiger partial charge in [0.15, 0.2) is 0 Å². The second-order valence-electron chi connectivity index (χ2n) is 4.62. The highest BCUT2D eigenvalue weighted by atomic mass is 19.1. The minimum atomic E-state index is -0.293. The first-order valence-electron chi connectivity index (χ1n) is 6.65. The molecule has 0 amide bonds. The minimum Gasteiger partial charge on any atom is -0.494 e. The second-order valence-corrected chi connectivity index (χ2v) is 4.62. The fourth-order valence-corrected chi connectivity index (χ4v) is 2.07. The number of aryl methyl sites for hydroxylation is 1. The molecule has 0 spiro atoms. The lowest BCUT2D eigenvalue weighted by atomic mass is 10.3. The predicted molar refractivity (Wildman–Crippen MR) is 76.0 cm³/mol. The first-order chi connectivity index (χ1) is 10.2. The smallest absolute Gasteiger partial charge is 0.290 e. The Labute approximate surface area is 120 Å². The highest BCUT2D eigenvalue weighted by Crippen LogP contribution is 2.11. The highest BCUT2D eigenvalue weighted by molar-refractivity contribution is 5.43. The highest BCUT2D eigenvalue weighted by Gasteiger charge is 2.03. The van der Waals surface area contributed by atoms with E-state index in [9.17, 15) is 9.18 Å². The summed E-state index contributed by atoms with van der Waals surface area (Å²) < 4.78 is 21.3. The number of ether oxygens (including phenoxy) is 1. The van der Waals surface area contributed by atoms with Crippen LogP contribution in [0.25, 0.3) is 5.52 Å². The van der Waals surface area contributed by atoms with Crippen molar-refractivity contribution in [2.45, 2.75) is 13.0 Å². The molecule has 0 saturated carbocycles. The molecule has 0 unspecified atom stereocenters. The number of aromatic nitrogens is 3. The van der Waals surface area contributed by atoms with Crippen LogP contribution in [0.5, 0.6) is 5.75 Å². The Morgan fingerprint density at radius 2 is 2.00 bits per heavy atom. The number of hydrogen-bond donors (Lipinski definition) is 0. The quantitative estimate of drug-likeness (QED) is 0.675. The molecule has 108 valence electrons. The molecule has 0 aliphatic heterocycles. The van der Waals surface area contributed by atoms with Crippen molar-refractivity contribution in [1.82, 2.24) is 14.2 Å². The van der Waals surface area contributed by atoms with E-state index in [-0.39, 0.29) is 11.4 Å². The Hall–Kier alpha value is -2.63. The normalized spacial score (nSPS) is 10.9. The summed E-state index contributed by atoms with van der Waals surface area (Å²) >= 11 is 0. The third-order valence-corrected chi connectivity index (χ3v) is 3.14. The molecule has 1 aromatic carbocycles. The average Bonchev–Trinajstić information content (AvgIpc) is 2.97. The Morgan fingerprint density at radius 1 is 1.19 bits per heavy atom. The lowest BCUT2D eigenvalue weighted by Crippen LogP contribution is -2.25. The van der Waals surface area contributed by atoms with Crippen molar-refractivity contribution >= 4 is 5.52 Å². The zero-order valence-corrected chi connectivity index (χ0v) is 11.3. The van der Waals surface area contributed by atoms with Gasteiger partial charge in [-0.2, -0.15) is 5.10 Å². The lowest BCUT2D eigenvalue weighted by Gasteiger charge is -2.07. The molecule has 6 heteroatoms. The third-order valence-electron chi connectivity index (χ3n) is 3.14. The SMILES string of the molecule is O=c1c2cccn2cnn1CCCOc1ccc(F)cc1. The monoisotopic (exact) mass is 287 g/mol. The maximum atomic E-state index is 12.7. The molecule has 0 radical (unpaired) electrons. The van der Waals surface area contributed by atoms with Crippen molar-refractivity contribution in [2.24, 2.45) is 0 Å². The molecule has 0 atom stereocenters. The molecule has 2 heterocycles. The van der Waals surface area contributed by atoms with E-state index in [1.807, 2.05) is 0 Å². The van der Waals surface area contributed by atoms with Crippen molar-refractivity contribution in [3.8, 4) is 5.75 Å². The van der Waals surface area contributed by atoms with Crippen LogP contribution < -0.4 is 10.3 Å². The van der Waals surface area contributed by atoms with Crippen molar-refractivity contribution in [3.05, 3.63) is 65.1 Å². The molecule has 3 aromatic rings. The fraction of sp³-hybridized carbons (Fsp3) is 0.200. The molecule has 0 fully saturated rings. The van der Waals surface area contributed by atoms with Gasteiger partial charge in [0.1, 0.15) is 23.4 Å². The zero-order valence-electron chi connectivity index (χ0n) is 11.3. The van der Waals surface area contributed by atoms with Crippen LogP contribution in [-0.4, -0.2) is 20.8 Å². The molecule has 0 aliphatic carbocycles. The van der Waals surface area contributed by atoms with Crippen LogP contribution in [0, 0.1) is 5.82 Å². The van der Waals surface area contributed by atoms with Crippen LogP contribution in [0.4, 0.5) is 4.39 Å². The fourth-order valence-electron chi connectivity index (χ4n) is 2.07. The van der Waals surface area contributed by atoms with E-state index < -0.39 is 0 Å². The maximum Gasteiger partial charge on any atom is 0.290 e. The zero-order chi connectivity index (χ0) is 14.7. The van der Waals surface area contributed by atoms with Crippen molar-refractivity contribution in [2.75, 3.05) is 6.61 Å². The van der Waals surface area contributed by atoms with E-state index in [4.69, 9.17) is 4.74 Å². The molecular formula is C15H14FN3O2. The summed E-state index contributed by atoms with van der Waals surface area (Å²) in [7, 11) is 0. The Bertz CT molecular complexity index is 793. The number of rotatable bonds is 5. The van der Waals surface area contributed by atoms with E-state index in [2.05, 4.69) is 5.10 Å². The van der Waals surface area contributed by atoms with E-state index >= 15 is 0 Å². The summed E-state index contributed by atoms with van der Waals surface area (Å²) in [6.45, 7) is 0.910. The van der Waals surface area contributed by atoms with E-state index in [0.717, 1.165) is 0 Å². The molecule has 2 aromatic heterocycles. The Balaban J connectivity index is 1.58. The van der Waals surface area contributed by atoms with Gasteiger partial charge in [-0.25, -0.2) is 9.07 Å². The summed E-state index contributed by atoms with van der Waals surface area (Å²) in [5.41, 5.74) is 0.480. The predicted octanol–water partition coefficient (Wildman–Crippen LogP) is 2.10. The van der Waals surface area contributed by atoms with Gasteiger partial charge in [-0.3, -0.25) is 4.79 Å². The van der Waals surface area contributed by atoms with Gasteiger partial charge in [-0.1, -0.05) is 0 Å². The van der Waals surface area contributed by atoms with Crippen LogP contribution in [0.3, 0.4) is 0 Å². The van der Waals surface area contributed by atoms with Gasteiger partial charge in [0, 0.05) is 19.2 Å². The standard InChI is InChI=1S/C15H14FN3O2/c16-12-4-6-13(7-5-12)21-10-2-9-19-15(20)14-3-1-8-18(14)11-17-19/h1,3-8,11H,2,9-10H2. The minimum absolute atomic E-state index is 0.121. The largest absolute Gasteiger partial charge is 0.494 e. The van der Waals surface area contributed by atoms with Gasteiger partial charge in [-0.15, -0.1) is 0 Å². The van der Waals surface area contributed by atoms with Crippen molar-refractivity contribution in [3.63, 3.8) is 0 Å². The number of nitrogens with zero attached hydrogens (tertiary/aromatic N) is 3. The van der Waals surface area contributed by atoms with Crippen LogP contribution in [-0.2, 0) is 6.54 Å². The molecule has 0 aliphatic rings. The van der Waals surface area contributed by atoms with Crippen LogP contribution in [0.2, 0.25) is 0 Å². The molecule has 5 nitrogen and oxygen atoms in total. The first-order valence-corrected chi connectivity index (χ1v) is 6.65. The first kappa shape index (κ1) is 13.4. The molecule has 0 saturated heterocycles. The van der Waals surface area contributed by atoms with Gasteiger partial charge in [0.25, 0.3) is 5.56 Å². The second kappa shape index (κ2) is 5.78. The van der Waals surface area contributed by atoms with Crippen LogP contribution in [0.15, 0.2) is 53.7 Å².